The number of thiazole rings is 1. The first kappa shape index (κ1) is 12.3. The maximum Gasteiger partial charge on any atom is 0.191 e. The van der Waals surface area contributed by atoms with E-state index in [-0.39, 0.29) is 0 Å². The standard InChI is InChI=1S/C11H10BrClN4S/c1-14-9-7(12)8(5-2-3-5)16-10(17-9)11-15-4-6(13)18-11/h4-5H,2-3H2,1H3,(H,14,16,17). The summed E-state index contributed by atoms with van der Waals surface area (Å²) in [5.74, 6) is 1.98. The zero-order chi connectivity index (χ0) is 12.7. The number of nitrogens with zero attached hydrogens (tertiary/aromatic N) is 3. The molecule has 0 aliphatic heterocycles. The maximum absolute atomic E-state index is 5.91. The summed E-state index contributed by atoms with van der Waals surface area (Å²) in [7, 11) is 1.85. The van der Waals surface area contributed by atoms with Crippen LogP contribution in [0.5, 0.6) is 0 Å². The number of rotatable bonds is 3. The zero-order valence-electron chi connectivity index (χ0n) is 9.57. The second kappa shape index (κ2) is 4.75. The number of aromatic nitrogens is 3. The Hall–Kier alpha value is -0.720. The largest absolute Gasteiger partial charge is 0.372 e. The third-order valence-electron chi connectivity index (χ3n) is 2.75. The first-order chi connectivity index (χ1) is 8.69. The Balaban J connectivity index is 2.12. The molecule has 0 unspecified atom stereocenters. The van der Waals surface area contributed by atoms with Crippen molar-refractivity contribution < 1.29 is 0 Å². The number of nitrogens with one attached hydrogen (secondary N) is 1. The summed E-state index contributed by atoms with van der Waals surface area (Å²) < 4.78 is 1.61. The van der Waals surface area contributed by atoms with Crippen LogP contribution in [0.2, 0.25) is 4.34 Å². The molecule has 1 aliphatic carbocycles. The maximum atomic E-state index is 5.91. The van der Waals surface area contributed by atoms with Gasteiger partial charge in [-0.15, -0.1) is 0 Å². The van der Waals surface area contributed by atoms with Crippen molar-refractivity contribution in [1.82, 2.24) is 15.0 Å². The van der Waals surface area contributed by atoms with Gasteiger partial charge in [-0.3, -0.25) is 0 Å². The molecule has 94 valence electrons. The van der Waals surface area contributed by atoms with Gasteiger partial charge in [0.1, 0.15) is 10.2 Å². The molecule has 0 atom stereocenters. The fourth-order valence-corrected chi connectivity index (χ4v) is 3.26. The molecule has 0 aromatic carbocycles. The van der Waals surface area contributed by atoms with E-state index in [0.29, 0.717) is 16.1 Å². The van der Waals surface area contributed by atoms with Crippen molar-refractivity contribution in [3.05, 3.63) is 20.7 Å². The Bertz CT molecular complexity index is 597. The minimum absolute atomic E-state index is 0.545. The van der Waals surface area contributed by atoms with Gasteiger partial charge in [0.25, 0.3) is 0 Å². The number of halogens is 2. The minimum Gasteiger partial charge on any atom is -0.372 e. The molecular weight excluding hydrogens is 336 g/mol. The van der Waals surface area contributed by atoms with E-state index in [0.717, 1.165) is 21.0 Å². The van der Waals surface area contributed by atoms with Crippen molar-refractivity contribution in [2.45, 2.75) is 18.8 Å². The number of anilines is 1. The molecule has 2 aromatic rings. The van der Waals surface area contributed by atoms with Gasteiger partial charge in [-0.05, 0) is 28.8 Å². The van der Waals surface area contributed by atoms with Crippen LogP contribution in [0.1, 0.15) is 24.5 Å². The second-order valence-electron chi connectivity index (χ2n) is 4.09. The fourth-order valence-electron chi connectivity index (χ4n) is 1.71. The van der Waals surface area contributed by atoms with E-state index in [2.05, 4.69) is 36.2 Å². The minimum atomic E-state index is 0.545. The van der Waals surface area contributed by atoms with Crippen molar-refractivity contribution in [3.8, 4) is 10.8 Å². The highest BCUT2D eigenvalue weighted by Gasteiger charge is 2.29. The van der Waals surface area contributed by atoms with Crippen molar-refractivity contribution in [3.63, 3.8) is 0 Å². The van der Waals surface area contributed by atoms with E-state index in [1.165, 1.54) is 24.2 Å². The zero-order valence-corrected chi connectivity index (χ0v) is 12.7. The van der Waals surface area contributed by atoms with Crippen LogP contribution in [0.25, 0.3) is 10.8 Å². The lowest BCUT2D eigenvalue weighted by Gasteiger charge is -2.09. The topological polar surface area (TPSA) is 50.7 Å². The molecule has 0 radical (unpaired) electrons. The number of hydrogen-bond donors (Lipinski definition) is 1. The van der Waals surface area contributed by atoms with Gasteiger partial charge in [0, 0.05) is 13.0 Å². The third kappa shape index (κ3) is 2.24. The lowest BCUT2D eigenvalue weighted by Crippen LogP contribution is -2.02. The highest BCUT2D eigenvalue weighted by molar-refractivity contribution is 9.10. The van der Waals surface area contributed by atoms with Crippen molar-refractivity contribution in [1.29, 1.82) is 0 Å². The van der Waals surface area contributed by atoms with Gasteiger partial charge in [0.05, 0.1) is 16.4 Å². The predicted octanol–water partition coefficient (Wildman–Crippen LogP) is 3.94. The Labute approximate surface area is 122 Å². The van der Waals surface area contributed by atoms with E-state index >= 15 is 0 Å². The summed E-state index contributed by atoms with van der Waals surface area (Å²) in [6, 6.07) is 0. The molecule has 0 spiro atoms. The SMILES string of the molecule is CNc1nc(-c2ncc(Cl)s2)nc(C2CC2)c1Br. The van der Waals surface area contributed by atoms with Crippen LogP contribution < -0.4 is 5.32 Å². The summed E-state index contributed by atoms with van der Waals surface area (Å²) in [5.41, 5.74) is 1.07. The van der Waals surface area contributed by atoms with Gasteiger partial charge in [-0.25, -0.2) is 15.0 Å². The van der Waals surface area contributed by atoms with E-state index in [4.69, 9.17) is 11.6 Å². The van der Waals surface area contributed by atoms with E-state index in [9.17, 15) is 0 Å². The van der Waals surface area contributed by atoms with Crippen LogP contribution in [0.15, 0.2) is 10.7 Å². The van der Waals surface area contributed by atoms with E-state index < -0.39 is 0 Å². The summed E-state index contributed by atoms with van der Waals surface area (Å²) in [6.07, 6.45) is 4.01. The lowest BCUT2D eigenvalue weighted by molar-refractivity contribution is 0.978. The number of hydrogen-bond acceptors (Lipinski definition) is 5. The summed E-state index contributed by atoms with van der Waals surface area (Å²) >= 11 is 10.9. The van der Waals surface area contributed by atoms with Crippen molar-refractivity contribution in [2.75, 3.05) is 12.4 Å². The highest BCUT2D eigenvalue weighted by atomic mass is 79.9. The van der Waals surface area contributed by atoms with Gasteiger partial charge in [-0.2, -0.15) is 0 Å². The van der Waals surface area contributed by atoms with Gasteiger partial charge < -0.3 is 5.32 Å². The normalized spacial score (nSPS) is 14.8. The fraction of sp³-hybridized carbons (Fsp3) is 0.364. The Morgan fingerprint density at radius 3 is 2.78 bits per heavy atom. The predicted molar refractivity (Wildman–Crippen MR) is 77.4 cm³/mol. The Kier molecular flexibility index (Phi) is 3.25. The monoisotopic (exact) mass is 344 g/mol. The summed E-state index contributed by atoms with van der Waals surface area (Å²) in [6.45, 7) is 0. The summed E-state index contributed by atoms with van der Waals surface area (Å²) in [4.78, 5) is 13.3. The lowest BCUT2D eigenvalue weighted by atomic mass is 10.2. The molecular formula is C11H10BrClN4S. The van der Waals surface area contributed by atoms with Crippen molar-refractivity contribution >= 4 is 44.7 Å². The van der Waals surface area contributed by atoms with Gasteiger partial charge >= 0.3 is 0 Å². The van der Waals surface area contributed by atoms with Crippen LogP contribution in [0.4, 0.5) is 5.82 Å². The molecule has 0 bridgehead atoms. The average molecular weight is 346 g/mol. The Morgan fingerprint density at radius 2 is 2.22 bits per heavy atom. The van der Waals surface area contributed by atoms with Crippen LogP contribution in [0.3, 0.4) is 0 Å². The molecule has 1 fully saturated rings. The first-order valence-electron chi connectivity index (χ1n) is 5.56. The Morgan fingerprint density at radius 1 is 1.44 bits per heavy atom. The molecule has 1 N–H and O–H groups in total. The van der Waals surface area contributed by atoms with Gasteiger partial charge in [0.2, 0.25) is 0 Å². The van der Waals surface area contributed by atoms with Gasteiger partial charge in [-0.1, -0.05) is 22.9 Å². The molecule has 0 saturated heterocycles. The smallest absolute Gasteiger partial charge is 0.191 e. The molecule has 1 aliphatic rings. The van der Waals surface area contributed by atoms with Crippen LogP contribution in [-0.4, -0.2) is 22.0 Å². The van der Waals surface area contributed by atoms with E-state index in [1.54, 1.807) is 6.20 Å². The van der Waals surface area contributed by atoms with Crippen molar-refractivity contribution in [2.24, 2.45) is 0 Å². The summed E-state index contributed by atoms with van der Waals surface area (Å²) in [5, 5.41) is 3.84. The van der Waals surface area contributed by atoms with E-state index in [1.807, 2.05) is 7.05 Å². The average Bonchev–Trinajstić information content (AvgIpc) is 3.12. The van der Waals surface area contributed by atoms with Gasteiger partial charge in [0.15, 0.2) is 10.8 Å². The second-order valence-corrected chi connectivity index (χ2v) is 6.54. The molecule has 2 heterocycles. The molecule has 0 amide bonds. The van der Waals surface area contributed by atoms with Crippen LogP contribution in [0, 0.1) is 0 Å². The van der Waals surface area contributed by atoms with Crippen LogP contribution >= 0.6 is 38.9 Å². The highest BCUT2D eigenvalue weighted by Crippen LogP contribution is 2.44. The van der Waals surface area contributed by atoms with Crippen LogP contribution in [-0.2, 0) is 0 Å². The first-order valence-corrected chi connectivity index (χ1v) is 7.54. The molecule has 18 heavy (non-hydrogen) atoms. The molecule has 3 rings (SSSR count). The molecule has 2 aromatic heterocycles. The third-order valence-corrected chi connectivity index (χ3v) is 4.64. The quantitative estimate of drug-likeness (QED) is 0.915. The molecule has 1 saturated carbocycles. The molecule has 4 nitrogen and oxygen atoms in total. The molecule has 7 heteroatoms.